The molecular formula is C21H28ClN3O2S. The van der Waals surface area contributed by atoms with E-state index in [-0.39, 0.29) is 30.3 Å². The van der Waals surface area contributed by atoms with Crippen LogP contribution in [0.5, 0.6) is 0 Å². The Labute approximate surface area is 176 Å². The average Bonchev–Trinajstić information content (AvgIpc) is 3.37. The van der Waals surface area contributed by atoms with E-state index in [4.69, 9.17) is 5.73 Å². The van der Waals surface area contributed by atoms with E-state index < -0.39 is 6.04 Å². The average molecular weight is 422 g/mol. The number of likely N-dealkylation sites (tertiary alicyclic amines) is 1. The van der Waals surface area contributed by atoms with Crippen LogP contribution in [-0.2, 0) is 4.79 Å². The second-order valence-corrected chi connectivity index (χ2v) is 8.25. The van der Waals surface area contributed by atoms with E-state index >= 15 is 0 Å². The van der Waals surface area contributed by atoms with Crippen molar-refractivity contribution in [1.29, 1.82) is 0 Å². The van der Waals surface area contributed by atoms with Crippen molar-refractivity contribution in [3.63, 3.8) is 0 Å². The molecule has 3 N–H and O–H groups in total. The third-order valence-corrected chi connectivity index (χ3v) is 5.93. The van der Waals surface area contributed by atoms with Gasteiger partial charge in [0.2, 0.25) is 5.91 Å². The van der Waals surface area contributed by atoms with Crippen molar-refractivity contribution in [1.82, 2.24) is 10.2 Å². The molecule has 1 aliphatic heterocycles. The first-order valence-corrected chi connectivity index (χ1v) is 10.3. The van der Waals surface area contributed by atoms with Gasteiger partial charge in [-0.05, 0) is 41.3 Å². The summed E-state index contributed by atoms with van der Waals surface area (Å²) in [6, 6.07) is 11.2. The number of hydrogen-bond acceptors (Lipinski definition) is 4. The molecule has 0 bridgehead atoms. The van der Waals surface area contributed by atoms with Crippen LogP contribution in [0.1, 0.15) is 59.4 Å². The summed E-state index contributed by atoms with van der Waals surface area (Å²) < 4.78 is 0. The predicted molar refractivity (Wildman–Crippen MR) is 116 cm³/mol. The van der Waals surface area contributed by atoms with Crippen molar-refractivity contribution in [3.05, 3.63) is 57.8 Å². The Morgan fingerprint density at radius 3 is 2.50 bits per heavy atom. The van der Waals surface area contributed by atoms with Gasteiger partial charge in [-0.25, -0.2) is 0 Å². The molecule has 28 heavy (non-hydrogen) atoms. The van der Waals surface area contributed by atoms with E-state index in [2.05, 4.69) is 31.3 Å². The maximum Gasteiger partial charge on any atom is 0.264 e. The molecule has 1 saturated heterocycles. The molecule has 5 nitrogen and oxygen atoms in total. The largest absolute Gasteiger partial charge is 0.352 e. The molecule has 0 aliphatic carbocycles. The van der Waals surface area contributed by atoms with Crippen LogP contribution in [-0.4, -0.2) is 35.8 Å². The zero-order valence-electron chi connectivity index (χ0n) is 16.3. The second kappa shape index (κ2) is 10.0. The van der Waals surface area contributed by atoms with Gasteiger partial charge < -0.3 is 16.0 Å². The minimum atomic E-state index is -0.407. The van der Waals surface area contributed by atoms with Gasteiger partial charge in [-0.2, -0.15) is 0 Å². The fourth-order valence-corrected chi connectivity index (χ4v) is 4.08. The topological polar surface area (TPSA) is 75.4 Å². The normalized spacial score (nSPS) is 17.3. The van der Waals surface area contributed by atoms with Crippen LogP contribution in [0.2, 0.25) is 0 Å². The first kappa shape index (κ1) is 22.4. The van der Waals surface area contributed by atoms with Gasteiger partial charge in [0.15, 0.2) is 0 Å². The molecule has 152 valence electrons. The number of thiophene rings is 1. The SMILES string of the molecule is CC(C)c1ccc(C(N)CNC(=O)C2CCCN2C(=O)c2cccs2)cc1.Cl. The summed E-state index contributed by atoms with van der Waals surface area (Å²) in [5, 5.41) is 4.81. The maximum absolute atomic E-state index is 12.7. The van der Waals surface area contributed by atoms with Gasteiger partial charge in [0, 0.05) is 19.1 Å². The van der Waals surface area contributed by atoms with Crippen LogP contribution in [0, 0.1) is 0 Å². The van der Waals surface area contributed by atoms with E-state index in [9.17, 15) is 9.59 Å². The van der Waals surface area contributed by atoms with Gasteiger partial charge in [0.1, 0.15) is 6.04 Å². The number of carbonyl (C=O) groups excluding carboxylic acids is 2. The highest BCUT2D eigenvalue weighted by Crippen LogP contribution is 2.23. The number of amides is 2. The molecule has 1 aromatic heterocycles. The van der Waals surface area contributed by atoms with Crippen LogP contribution in [0.15, 0.2) is 41.8 Å². The molecule has 2 amide bonds. The number of halogens is 1. The Morgan fingerprint density at radius 1 is 1.21 bits per heavy atom. The monoisotopic (exact) mass is 421 g/mol. The highest BCUT2D eigenvalue weighted by molar-refractivity contribution is 7.12. The molecule has 2 atom stereocenters. The second-order valence-electron chi connectivity index (χ2n) is 7.31. The lowest BCUT2D eigenvalue weighted by atomic mass is 9.99. The van der Waals surface area contributed by atoms with Crippen LogP contribution in [0.4, 0.5) is 0 Å². The molecule has 1 fully saturated rings. The minimum absolute atomic E-state index is 0. The van der Waals surface area contributed by atoms with Crippen molar-refractivity contribution in [2.24, 2.45) is 5.73 Å². The molecule has 0 saturated carbocycles. The van der Waals surface area contributed by atoms with E-state index in [1.807, 2.05) is 23.6 Å². The predicted octanol–water partition coefficient (Wildman–Crippen LogP) is 3.71. The van der Waals surface area contributed by atoms with Gasteiger partial charge in [0.05, 0.1) is 4.88 Å². The number of benzene rings is 1. The number of rotatable bonds is 6. The van der Waals surface area contributed by atoms with E-state index in [1.165, 1.54) is 16.9 Å². The van der Waals surface area contributed by atoms with Crippen molar-refractivity contribution in [2.45, 2.75) is 44.7 Å². The summed E-state index contributed by atoms with van der Waals surface area (Å²) in [7, 11) is 0. The summed E-state index contributed by atoms with van der Waals surface area (Å²) >= 11 is 1.41. The Hall–Kier alpha value is -1.89. The molecule has 1 aliphatic rings. The van der Waals surface area contributed by atoms with Gasteiger partial charge in [0.25, 0.3) is 5.91 Å². The van der Waals surface area contributed by atoms with Crippen LogP contribution >= 0.6 is 23.7 Å². The quantitative estimate of drug-likeness (QED) is 0.746. The fraction of sp³-hybridized carbons (Fsp3) is 0.429. The first-order valence-electron chi connectivity index (χ1n) is 9.45. The maximum atomic E-state index is 12.7. The number of nitrogens with zero attached hydrogens (tertiary/aromatic N) is 1. The first-order chi connectivity index (χ1) is 13.0. The lowest BCUT2D eigenvalue weighted by molar-refractivity contribution is -0.124. The third-order valence-electron chi connectivity index (χ3n) is 5.08. The fourth-order valence-electron chi connectivity index (χ4n) is 3.40. The molecule has 2 heterocycles. The van der Waals surface area contributed by atoms with Crippen molar-refractivity contribution >= 4 is 35.6 Å². The van der Waals surface area contributed by atoms with E-state index in [0.29, 0.717) is 30.3 Å². The van der Waals surface area contributed by atoms with Gasteiger partial charge in [-0.15, -0.1) is 23.7 Å². The molecule has 7 heteroatoms. The Morgan fingerprint density at radius 2 is 1.89 bits per heavy atom. The number of carbonyl (C=O) groups is 2. The number of nitrogens with two attached hydrogens (primary N) is 1. The van der Waals surface area contributed by atoms with Crippen molar-refractivity contribution in [2.75, 3.05) is 13.1 Å². The molecule has 0 spiro atoms. The minimum Gasteiger partial charge on any atom is -0.352 e. The lowest BCUT2D eigenvalue weighted by Gasteiger charge is -2.24. The third kappa shape index (κ3) is 5.13. The zero-order valence-corrected chi connectivity index (χ0v) is 17.9. The van der Waals surface area contributed by atoms with Crippen molar-refractivity contribution < 1.29 is 9.59 Å². The van der Waals surface area contributed by atoms with Crippen LogP contribution in [0.25, 0.3) is 0 Å². The standard InChI is InChI=1S/C21H27N3O2S.ClH/c1-14(2)15-7-9-16(10-8-15)17(22)13-23-20(25)18-5-3-11-24(18)21(26)19-6-4-12-27-19;/h4,6-10,12,14,17-18H,3,5,11,13,22H2,1-2H3,(H,23,25);1H. The summed E-state index contributed by atoms with van der Waals surface area (Å²) in [5.41, 5.74) is 8.51. The van der Waals surface area contributed by atoms with Crippen LogP contribution in [0.3, 0.4) is 0 Å². The number of nitrogens with one attached hydrogen (secondary N) is 1. The van der Waals surface area contributed by atoms with Crippen molar-refractivity contribution in [3.8, 4) is 0 Å². The smallest absolute Gasteiger partial charge is 0.264 e. The Kier molecular flexibility index (Phi) is 8.04. The molecule has 2 aromatic rings. The van der Waals surface area contributed by atoms with Gasteiger partial charge in [-0.3, -0.25) is 9.59 Å². The Balaban J connectivity index is 0.00000280. The highest BCUT2D eigenvalue weighted by atomic mass is 35.5. The summed E-state index contributed by atoms with van der Waals surface area (Å²) in [6.45, 7) is 5.29. The number of hydrogen-bond donors (Lipinski definition) is 2. The van der Waals surface area contributed by atoms with E-state index in [1.54, 1.807) is 11.0 Å². The lowest BCUT2D eigenvalue weighted by Crippen LogP contribution is -2.47. The molecule has 2 unspecified atom stereocenters. The summed E-state index contributed by atoms with van der Waals surface area (Å²) in [5.74, 6) is 0.298. The summed E-state index contributed by atoms with van der Waals surface area (Å²) in [4.78, 5) is 27.6. The molecule has 0 radical (unpaired) electrons. The highest BCUT2D eigenvalue weighted by Gasteiger charge is 2.34. The molecular weight excluding hydrogens is 394 g/mol. The summed E-state index contributed by atoms with van der Waals surface area (Å²) in [6.07, 6.45) is 1.54. The molecule has 3 rings (SSSR count). The molecule has 1 aromatic carbocycles. The zero-order chi connectivity index (χ0) is 19.4. The Bertz CT molecular complexity index is 777. The van der Waals surface area contributed by atoms with Gasteiger partial charge >= 0.3 is 0 Å². The van der Waals surface area contributed by atoms with E-state index in [0.717, 1.165) is 12.0 Å². The van der Waals surface area contributed by atoms with Gasteiger partial charge in [-0.1, -0.05) is 44.2 Å². The van der Waals surface area contributed by atoms with Crippen LogP contribution < -0.4 is 11.1 Å².